The molecule has 0 bridgehead atoms. The van der Waals surface area contributed by atoms with Crippen LogP contribution in [0.4, 0.5) is 4.39 Å². The first-order valence-electron chi connectivity index (χ1n) is 16.2. The number of nitrogens with one attached hydrogen (secondary N) is 1. The molecule has 0 aromatic heterocycles. The summed E-state index contributed by atoms with van der Waals surface area (Å²) in [6.45, 7) is 10.0. The lowest BCUT2D eigenvalue weighted by molar-refractivity contribution is 0.0362. The molecule has 2 aliphatic rings. The van der Waals surface area contributed by atoms with E-state index in [0.717, 1.165) is 50.8 Å². The van der Waals surface area contributed by atoms with E-state index >= 15 is 4.39 Å². The lowest BCUT2D eigenvalue weighted by Gasteiger charge is -2.38. The number of carbonyl (C=O) groups is 2. The molecular formula is C35H50FN3O5. The van der Waals surface area contributed by atoms with Gasteiger partial charge in [-0.05, 0) is 88.4 Å². The van der Waals surface area contributed by atoms with Crippen LogP contribution in [0, 0.1) is 5.82 Å². The van der Waals surface area contributed by atoms with Crippen LogP contribution in [0.1, 0.15) is 85.6 Å². The van der Waals surface area contributed by atoms with E-state index in [1.165, 1.54) is 6.07 Å². The minimum absolute atomic E-state index is 0.0143. The van der Waals surface area contributed by atoms with Gasteiger partial charge in [0.15, 0.2) is 0 Å². The first-order valence-corrected chi connectivity index (χ1v) is 16.2. The average Bonchev–Trinajstić information content (AvgIpc) is 3.04. The number of rotatable bonds is 13. The molecule has 1 unspecified atom stereocenters. The third-order valence-corrected chi connectivity index (χ3v) is 8.72. The number of halogens is 1. The number of hydrogen-bond acceptors (Lipinski definition) is 6. The fourth-order valence-electron chi connectivity index (χ4n) is 6.35. The zero-order valence-electron chi connectivity index (χ0n) is 27.1. The highest BCUT2D eigenvalue weighted by Crippen LogP contribution is 2.37. The van der Waals surface area contributed by atoms with Gasteiger partial charge in [-0.3, -0.25) is 9.59 Å². The van der Waals surface area contributed by atoms with E-state index in [1.54, 1.807) is 37.3 Å². The van der Waals surface area contributed by atoms with Crippen LogP contribution in [-0.2, 0) is 15.9 Å². The largest absolute Gasteiger partial charge is 0.493 e. The molecule has 0 aliphatic carbocycles. The van der Waals surface area contributed by atoms with Gasteiger partial charge in [-0.1, -0.05) is 13.3 Å². The average molecular weight is 612 g/mol. The summed E-state index contributed by atoms with van der Waals surface area (Å²) in [5, 5.41) is 3.44. The molecule has 2 saturated heterocycles. The number of hydrogen-bond donors (Lipinski definition) is 1. The van der Waals surface area contributed by atoms with Gasteiger partial charge in [0.1, 0.15) is 11.6 Å². The molecule has 0 saturated carbocycles. The van der Waals surface area contributed by atoms with Gasteiger partial charge in [0.05, 0.1) is 6.61 Å². The quantitative estimate of drug-likeness (QED) is 0.292. The number of piperidine rings is 1. The van der Waals surface area contributed by atoms with Crippen LogP contribution >= 0.6 is 0 Å². The monoisotopic (exact) mass is 611 g/mol. The topological polar surface area (TPSA) is 80.3 Å². The van der Waals surface area contributed by atoms with Gasteiger partial charge in [-0.15, -0.1) is 0 Å². The third-order valence-electron chi connectivity index (χ3n) is 8.72. The van der Waals surface area contributed by atoms with Gasteiger partial charge in [-0.25, -0.2) is 4.39 Å². The number of carbonyl (C=O) groups excluding carboxylic acids is 2. The van der Waals surface area contributed by atoms with E-state index in [9.17, 15) is 9.59 Å². The number of benzene rings is 2. The maximum atomic E-state index is 15.7. The molecule has 2 aliphatic heterocycles. The second kappa shape index (κ2) is 16.3. The number of amides is 2. The molecule has 242 valence electrons. The Morgan fingerprint density at radius 1 is 1.05 bits per heavy atom. The van der Waals surface area contributed by atoms with E-state index in [4.69, 9.17) is 14.2 Å². The lowest BCUT2D eigenvalue weighted by Crippen LogP contribution is -2.51. The third kappa shape index (κ3) is 8.17. The zero-order chi connectivity index (χ0) is 31.6. The summed E-state index contributed by atoms with van der Waals surface area (Å²) in [5.41, 5.74) is 2.67. The summed E-state index contributed by atoms with van der Waals surface area (Å²) in [5.74, 6) is -0.213. The second-order valence-corrected chi connectivity index (χ2v) is 12.2. The Hall–Kier alpha value is -3.01. The minimum atomic E-state index is -0.448. The molecule has 8 nitrogen and oxygen atoms in total. The highest BCUT2D eigenvalue weighted by atomic mass is 19.1. The Morgan fingerprint density at radius 3 is 2.48 bits per heavy atom. The number of nitrogens with zero attached hydrogens (tertiary/aromatic N) is 2. The normalized spacial score (nSPS) is 17.5. The molecule has 44 heavy (non-hydrogen) atoms. The van der Waals surface area contributed by atoms with Crippen molar-refractivity contribution < 1.29 is 28.2 Å². The van der Waals surface area contributed by atoms with Gasteiger partial charge in [-0.2, -0.15) is 0 Å². The van der Waals surface area contributed by atoms with Crippen LogP contribution in [-0.4, -0.2) is 93.4 Å². The van der Waals surface area contributed by atoms with Gasteiger partial charge in [0.2, 0.25) is 0 Å². The second-order valence-electron chi connectivity index (χ2n) is 12.2. The van der Waals surface area contributed by atoms with Crippen molar-refractivity contribution >= 4 is 11.8 Å². The number of ether oxygens (including phenoxy) is 3. The summed E-state index contributed by atoms with van der Waals surface area (Å²) in [4.78, 5) is 31.5. The van der Waals surface area contributed by atoms with Crippen LogP contribution in [0.25, 0.3) is 11.1 Å². The summed E-state index contributed by atoms with van der Waals surface area (Å²) in [6, 6.07) is 8.40. The van der Waals surface area contributed by atoms with E-state index in [1.807, 2.05) is 11.0 Å². The van der Waals surface area contributed by atoms with E-state index in [-0.39, 0.29) is 35.5 Å². The van der Waals surface area contributed by atoms with Crippen molar-refractivity contribution in [2.45, 2.75) is 83.8 Å². The first kappa shape index (κ1) is 33.9. The summed E-state index contributed by atoms with van der Waals surface area (Å²) < 4.78 is 32.6. The van der Waals surface area contributed by atoms with Crippen molar-refractivity contribution in [3.8, 4) is 16.9 Å². The number of methoxy groups -OCH3 is 1. The standard InChI is InChI=1S/C35H50FN3O5/c1-6-9-25-20-31(30-21-26(11-12-32(30)36)34(40)38(4)27-13-18-43-19-14-27)33(44-17-8-16-42-5)22-29(25)35(41)39(24(2)3)28-10-7-15-37-23-28/h11-12,20-22,24,27-28,37H,6-10,13-19,23H2,1-5H3. The molecule has 2 fully saturated rings. The van der Waals surface area contributed by atoms with Crippen LogP contribution < -0.4 is 10.1 Å². The molecular weight excluding hydrogens is 561 g/mol. The first-order chi connectivity index (χ1) is 21.3. The van der Waals surface area contributed by atoms with Gasteiger partial charge < -0.3 is 29.3 Å². The Balaban J connectivity index is 1.77. The van der Waals surface area contributed by atoms with Crippen LogP contribution in [0.15, 0.2) is 30.3 Å². The molecule has 2 heterocycles. The molecule has 9 heteroatoms. The smallest absolute Gasteiger partial charge is 0.254 e. The van der Waals surface area contributed by atoms with Crippen molar-refractivity contribution in [2.75, 3.05) is 53.7 Å². The molecule has 2 amide bonds. The lowest BCUT2D eigenvalue weighted by atomic mass is 9.92. The molecule has 0 radical (unpaired) electrons. The van der Waals surface area contributed by atoms with Crippen molar-refractivity contribution in [3.05, 3.63) is 52.8 Å². The fourth-order valence-corrected chi connectivity index (χ4v) is 6.35. The van der Waals surface area contributed by atoms with Crippen LogP contribution in [0.3, 0.4) is 0 Å². The van der Waals surface area contributed by atoms with Crippen molar-refractivity contribution in [2.24, 2.45) is 0 Å². The molecule has 1 N–H and O–H groups in total. The maximum absolute atomic E-state index is 15.7. The summed E-state index contributed by atoms with van der Waals surface area (Å²) >= 11 is 0. The van der Waals surface area contributed by atoms with E-state index in [2.05, 4.69) is 26.1 Å². The SMILES string of the molecule is CCCc1cc(-c2cc(C(=O)N(C)C3CCOCC3)ccc2F)c(OCCCOC)cc1C(=O)N(C(C)C)C1CCCNC1. The molecule has 0 spiro atoms. The Morgan fingerprint density at radius 2 is 1.82 bits per heavy atom. The van der Waals surface area contributed by atoms with Crippen molar-refractivity contribution in [3.63, 3.8) is 0 Å². The summed E-state index contributed by atoms with van der Waals surface area (Å²) in [6.07, 6.45) is 5.63. The van der Waals surface area contributed by atoms with Gasteiger partial charge >= 0.3 is 0 Å². The van der Waals surface area contributed by atoms with Crippen molar-refractivity contribution in [1.29, 1.82) is 0 Å². The predicted molar refractivity (Wildman–Crippen MR) is 171 cm³/mol. The summed E-state index contributed by atoms with van der Waals surface area (Å²) in [7, 11) is 3.44. The highest BCUT2D eigenvalue weighted by Gasteiger charge is 2.31. The maximum Gasteiger partial charge on any atom is 0.254 e. The van der Waals surface area contributed by atoms with Gasteiger partial charge in [0.25, 0.3) is 11.8 Å². The Bertz CT molecular complexity index is 1260. The van der Waals surface area contributed by atoms with Crippen molar-refractivity contribution in [1.82, 2.24) is 15.1 Å². The van der Waals surface area contributed by atoms with Crippen LogP contribution in [0.2, 0.25) is 0 Å². The molecule has 2 aromatic carbocycles. The van der Waals surface area contributed by atoms with Gasteiger partial charge in [0, 0.05) is 87.3 Å². The molecule has 2 aromatic rings. The molecule has 4 rings (SSSR count). The van der Waals surface area contributed by atoms with E-state index < -0.39 is 5.82 Å². The van der Waals surface area contributed by atoms with Crippen LogP contribution in [0.5, 0.6) is 5.75 Å². The zero-order valence-corrected chi connectivity index (χ0v) is 27.1. The number of aryl methyl sites for hydroxylation is 1. The minimum Gasteiger partial charge on any atom is -0.493 e. The molecule has 1 atom stereocenters. The Labute approximate surface area is 262 Å². The fraction of sp³-hybridized carbons (Fsp3) is 0.600. The predicted octanol–water partition coefficient (Wildman–Crippen LogP) is 5.71. The highest BCUT2D eigenvalue weighted by molar-refractivity contribution is 5.99. The Kier molecular flexibility index (Phi) is 12.6. The van der Waals surface area contributed by atoms with E-state index in [0.29, 0.717) is 61.7 Å².